The third-order valence-electron chi connectivity index (χ3n) is 3.05. The summed E-state index contributed by atoms with van der Waals surface area (Å²) < 4.78 is 5.02. The molecular weight excluding hydrogens is 200 g/mol. The highest BCUT2D eigenvalue weighted by Gasteiger charge is 2.22. The van der Waals surface area contributed by atoms with Crippen molar-refractivity contribution in [2.75, 3.05) is 13.7 Å². The van der Waals surface area contributed by atoms with Gasteiger partial charge < -0.3 is 9.84 Å². The van der Waals surface area contributed by atoms with E-state index in [9.17, 15) is 5.11 Å². The molecule has 16 heavy (non-hydrogen) atoms. The molecule has 1 aromatic rings. The highest BCUT2D eigenvalue weighted by Crippen LogP contribution is 2.22. The van der Waals surface area contributed by atoms with Crippen molar-refractivity contribution in [1.82, 2.24) is 0 Å². The largest absolute Gasteiger partial charge is 0.390 e. The van der Waals surface area contributed by atoms with Crippen LogP contribution in [0.5, 0.6) is 0 Å². The van der Waals surface area contributed by atoms with E-state index in [4.69, 9.17) is 4.74 Å². The molecule has 1 aromatic carbocycles. The van der Waals surface area contributed by atoms with Gasteiger partial charge in [0, 0.05) is 20.1 Å². The molecule has 0 spiro atoms. The molecule has 0 aromatic heterocycles. The zero-order chi connectivity index (χ0) is 12.2. The van der Waals surface area contributed by atoms with Crippen molar-refractivity contribution in [2.45, 2.75) is 39.2 Å². The van der Waals surface area contributed by atoms with E-state index >= 15 is 0 Å². The van der Waals surface area contributed by atoms with Gasteiger partial charge in [0.15, 0.2) is 0 Å². The molecule has 0 aliphatic carbocycles. The van der Waals surface area contributed by atoms with Crippen molar-refractivity contribution in [1.29, 1.82) is 0 Å². The van der Waals surface area contributed by atoms with Crippen LogP contribution in [-0.2, 0) is 11.2 Å². The summed E-state index contributed by atoms with van der Waals surface area (Å²) in [5.74, 6) is 0. The predicted molar refractivity (Wildman–Crippen MR) is 66.7 cm³/mol. The van der Waals surface area contributed by atoms with E-state index in [1.54, 1.807) is 7.11 Å². The lowest BCUT2D eigenvalue weighted by Gasteiger charge is -2.25. The zero-order valence-electron chi connectivity index (χ0n) is 10.7. The Hall–Kier alpha value is -0.860. The summed E-state index contributed by atoms with van der Waals surface area (Å²) in [6, 6.07) is 6.24. The first-order valence-electron chi connectivity index (χ1n) is 5.73. The summed E-state index contributed by atoms with van der Waals surface area (Å²) in [6.45, 7) is 6.65. The fraction of sp³-hybridized carbons (Fsp3) is 0.571. The first kappa shape index (κ1) is 13.2. The molecule has 0 bridgehead atoms. The van der Waals surface area contributed by atoms with Crippen LogP contribution in [0.25, 0.3) is 0 Å². The van der Waals surface area contributed by atoms with Crippen LogP contribution >= 0.6 is 0 Å². The van der Waals surface area contributed by atoms with Crippen LogP contribution in [0.2, 0.25) is 0 Å². The van der Waals surface area contributed by atoms with Crippen LogP contribution < -0.4 is 0 Å². The second-order valence-electron chi connectivity index (χ2n) is 4.79. The molecule has 0 heterocycles. The molecule has 2 heteroatoms. The van der Waals surface area contributed by atoms with Crippen molar-refractivity contribution >= 4 is 0 Å². The van der Waals surface area contributed by atoms with Gasteiger partial charge in [0.1, 0.15) is 0 Å². The summed E-state index contributed by atoms with van der Waals surface area (Å²) >= 11 is 0. The summed E-state index contributed by atoms with van der Waals surface area (Å²) in [4.78, 5) is 0. The number of methoxy groups -OCH3 is 1. The van der Waals surface area contributed by atoms with Crippen molar-refractivity contribution in [3.8, 4) is 0 Å². The number of hydrogen-bond acceptors (Lipinski definition) is 2. The Bertz CT molecular complexity index is 322. The second-order valence-corrected chi connectivity index (χ2v) is 4.79. The number of benzene rings is 1. The zero-order valence-corrected chi connectivity index (χ0v) is 10.7. The van der Waals surface area contributed by atoms with Crippen molar-refractivity contribution in [3.05, 3.63) is 34.9 Å². The summed E-state index contributed by atoms with van der Waals surface area (Å²) in [6.07, 6.45) is 1.35. The average molecular weight is 222 g/mol. The number of ether oxygens (including phenoxy) is 1. The molecule has 0 aliphatic rings. The lowest BCUT2D eigenvalue weighted by atomic mass is 9.89. The molecule has 1 atom stereocenters. The number of aryl methyl sites for hydroxylation is 2. The molecule has 1 unspecified atom stereocenters. The lowest BCUT2D eigenvalue weighted by molar-refractivity contribution is 0.0247. The molecule has 0 radical (unpaired) electrons. The minimum Gasteiger partial charge on any atom is -0.390 e. The Morgan fingerprint density at radius 2 is 1.81 bits per heavy atom. The molecule has 0 aliphatic heterocycles. The Morgan fingerprint density at radius 1 is 1.25 bits per heavy atom. The molecule has 90 valence electrons. The average Bonchev–Trinajstić information content (AvgIpc) is 2.21. The van der Waals surface area contributed by atoms with Gasteiger partial charge in [-0.15, -0.1) is 0 Å². The van der Waals surface area contributed by atoms with Gasteiger partial charge in [-0.25, -0.2) is 0 Å². The molecular formula is C14H22O2. The highest BCUT2D eigenvalue weighted by molar-refractivity contribution is 5.34. The van der Waals surface area contributed by atoms with E-state index in [-0.39, 0.29) is 0 Å². The Balaban J connectivity index is 2.79. The molecule has 1 N–H and O–H groups in total. The summed E-state index contributed by atoms with van der Waals surface area (Å²) in [5.41, 5.74) is 3.06. The molecule has 0 amide bonds. The summed E-state index contributed by atoms with van der Waals surface area (Å²) in [7, 11) is 1.66. The molecule has 0 fully saturated rings. The van der Waals surface area contributed by atoms with Crippen LogP contribution in [0.1, 0.15) is 30.0 Å². The second kappa shape index (κ2) is 5.46. The first-order valence-corrected chi connectivity index (χ1v) is 5.73. The van der Waals surface area contributed by atoms with Gasteiger partial charge in [-0.2, -0.15) is 0 Å². The van der Waals surface area contributed by atoms with Crippen molar-refractivity contribution < 1.29 is 9.84 Å². The van der Waals surface area contributed by atoms with Crippen molar-refractivity contribution in [2.24, 2.45) is 0 Å². The van der Waals surface area contributed by atoms with E-state index in [1.165, 1.54) is 16.7 Å². The SMILES string of the molecule is COCCC(C)(O)Cc1c(C)cccc1C. The van der Waals surface area contributed by atoms with Gasteiger partial charge in [-0.1, -0.05) is 18.2 Å². The standard InChI is InChI=1S/C14H22O2/c1-11-6-5-7-12(2)13(11)10-14(3,15)8-9-16-4/h5-7,15H,8-10H2,1-4H3. The van der Waals surface area contributed by atoms with Crippen molar-refractivity contribution in [3.63, 3.8) is 0 Å². The van der Waals surface area contributed by atoms with E-state index in [0.29, 0.717) is 19.4 Å². The topological polar surface area (TPSA) is 29.5 Å². The van der Waals surface area contributed by atoms with Gasteiger partial charge in [-0.3, -0.25) is 0 Å². The molecule has 2 nitrogen and oxygen atoms in total. The Kier molecular flexibility index (Phi) is 4.51. The Morgan fingerprint density at radius 3 is 2.31 bits per heavy atom. The molecule has 0 saturated carbocycles. The van der Waals surface area contributed by atoms with E-state index in [0.717, 1.165) is 0 Å². The lowest BCUT2D eigenvalue weighted by Crippen LogP contribution is -2.29. The van der Waals surface area contributed by atoms with Crippen LogP contribution in [0.4, 0.5) is 0 Å². The van der Waals surface area contributed by atoms with E-state index in [1.807, 2.05) is 6.92 Å². The monoisotopic (exact) mass is 222 g/mol. The minimum absolute atomic E-state index is 0.595. The molecule has 0 saturated heterocycles. The van der Waals surface area contributed by atoms with E-state index < -0.39 is 5.60 Å². The fourth-order valence-electron chi connectivity index (χ4n) is 1.92. The highest BCUT2D eigenvalue weighted by atomic mass is 16.5. The van der Waals surface area contributed by atoms with Crippen LogP contribution in [0.15, 0.2) is 18.2 Å². The molecule has 1 rings (SSSR count). The van der Waals surface area contributed by atoms with Gasteiger partial charge in [0.2, 0.25) is 0 Å². The summed E-state index contributed by atoms with van der Waals surface area (Å²) in [5, 5.41) is 10.3. The van der Waals surface area contributed by atoms with Crippen LogP contribution in [0, 0.1) is 13.8 Å². The number of aliphatic hydroxyl groups is 1. The third-order valence-corrected chi connectivity index (χ3v) is 3.05. The number of rotatable bonds is 5. The predicted octanol–water partition coefficient (Wildman–Crippen LogP) is 2.63. The van der Waals surface area contributed by atoms with Gasteiger partial charge in [-0.05, 0) is 43.9 Å². The maximum Gasteiger partial charge on any atom is 0.0682 e. The minimum atomic E-state index is -0.688. The maximum absolute atomic E-state index is 10.3. The van der Waals surface area contributed by atoms with Crippen LogP contribution in [0.3, 0.4) is 0 Å². The quantitative estimate of drug-likeness (QED) is 0.830. The Labute approximate surface area is 98.3 Å². The maximum atomic E-state index is 10.3. The first-order chi connectivity index (χ1) is 7.46. The normalized spacial score (nSPS) is 14.8. The van der Waals surface area contributed by atoms with Gasteiger partial charge in [0.05, 0.1) is 5.60 Å². The van der Waals surface area contributed by atoms with E-state index in [2.05, 4.69) is 32.0 Å². The third kappa shape index (κ3) is 3.62. The number of hydrogen-bond donors (Lipinski definition) is 1. The smallest absolute Gasteiger partial charge is 0.0682 e. The van der Waals surface area contributed by atoms with Gasteiger partial charge >= 0.3 is 0 Å². The van der Waals surface area contributed by atoms with Gasteiger partial charge in [0.25, 0.3) is 0 Å². The fourth-order valence-corrected chi connectivity index (χ4v) is 1.92. The van der Waals surface area contributed by atoms with Crippen LogP contribution in [-0.4, -0.2) is 24.4 Å².